The Balaban J connectivity index is 0.000000158. The van der Waals surface area contributed by atoms with Gasteiger partial charge in [-0.25, -0.2) is 0 Å². The topological polar surface area (TPSA) is 129 Å². The van der Waals surface area contributed by atoms with E-state index in [-0.39, 0.29) is 52.7 Å². The van der Waals surface area contributed by atoms with Gasteiger partial charge in [0, 0.05) is 12.3 Å². The molecule has 2 N–H and O–H groups in total. The van der Waals surface area contributed by atoms with Crippen LogP contribution >= 0.6 is 0 Å². The second kappa shape index (κ2) is 16.2. The quantitative estimate of drug-likeness (QED) is 0.165. The molecule has 0 spiro atoms. The molecule has 1 heterocycles. The Morgan fingerprint density at radius 2 is 1.22 bits per heavy atom. The number of hydrogen-bond donors (Lipinski definition) is 2. The third-order valence-corrected chi connectivity index (χ3v) is 15.8. The first-order valence-electron chi connectivity index (χ1n) is 22.1. The summed E-state index contributed by atoms with van der Waals surface area (Å²) in [5.74, 6) is 3.26. The van der Waals surface area contributed by atoms with Gasteiger partial charge in [-0.05, 0) is 168 Å². The Morgan fingerprint density at radius 1 is 0.709 bits per heavy atom. The Kier molecular flexibility index (Phi) is 13.0. The fraction of sp³-hybridized carbons (Fsp3) is 0.935. The van der Waals surface area contributed by atoms with Gasteiger partial charge in [0.1, 0.15) is 23.4 Å². The standard InChI is InChI=1S/C16H26O3.C16H30O2.C14H22O4/c1-4-14(2,3)13(17)19-16-8-11-5-12(9-16)7-15(18,6-11)10-16;1-7-15(3,4)14(17)18-16(5,6)13-10-8-12(2)9-11-13;1-4-14(2,3)13(16)18-10-7-5-8-9(6-7)12(15)17-11(8)10/h11-12,18H,4-10H2,1-3H3;12-13H,7-11H2,1-6H3;7-12,15H,4-6H2,1-3H3/t;;7?,8?,9?,10?,11?,12-/m..0/s1. The Morgan fingerprint density at radius 3 is 1.75 bits per heavy atom. The minimum absolute atomic E-state index is 0.0476. The van der Waals surface area contributed by atoms with E-state index in [0.717, 1.165) is 63.7 Å². The molecule has 0 radical (unpaired) electrons. The van der Waals surface area contributed by atoms with Crippen molar-refractivity contribution in [2.75, 3.05) is 0 Å². The number of carbonyl (C=O) groups excluding carboxylic acids is 3. The molecule has 7 saturated carbocycles. The highest BCUT2D eigenvalue weighted by molar-refractivity contribution is 5.77. The van der Waals surface area contributed by atoms with Gasteiger partial charge in [0.15, 0.2) is 6.29 Å². The van der Waals surface area contributed by atoms with Crippen molar-refractivity contribution in [2.24, 2.45) is 57.7 Å². The van der Waals surface area contributed by atoms with Gasteiger partial charge < -0.3 is 29.2 Å². The highest BCUT2D eigenvalue weighted by Crippen LogP contribution is 2.59. The summed E-state index contributed by atoms with van der Waals surface area (Å²) in [5, 5.41) is 20.4. The van der Waals surface area contributed by atoms with Crippen molar-refractivity contribution in [1.82, 2.24) is 0 Å². The summed E-state index contributed by atoms with van der Waals surface area (Å²) >= 11 is 0. The number of hydrogen-bond acceptors (Lipinski definition) is 9. The SMILES string of the molecule is CCC(C)(C)C(=O)OC(C)(C)C1CCC(C)CC1.CCC(C)(C)C(=O)OC12CC3CC(CC(O)(C3)C1)C2.CCC(C)(C)C(=O)OC1C2CC3C1O[C@H](O)C3C2. The fourth-order valence-corrected chi connectivity index (χ4v) is 11.0. The van der Waals surface area contributed by atoms with E-state index in [1.807, 2.05) is 62.3 Å². The summed E-state index contributed by atoms with van der Waals surface area (Å²) in [6.45, 7) is 24.2. The van der Waals surface area contributed by atoms with Crippen molar-refractivity contribution in [3.8, 4) is 0 Å². The minimum atomic E-state index is -0.645. The number of carbonyl (C=O) groups is 3. The lowest BCUT2D eigenvalue weighted by Gasteiger charge is -2.59. The van der Waals surface area contributed by atoms with Crippen LogP contribution in [0.4, 0.5) is 0 Å². The number of aliphatic hydroxyl groups excluding tert-OH is 1. The fourth-order valence-electron chi connectivity index (χ4n) is 11.0. The van der Waals surface area contributed by atoms with Gasteiger partial charge in [0.05, 0.1) is 21.8 Å². The van der Waals surface area contributed by atoms with Crippen LogP contribution in [0.3, 0.4) is 0 Å². The molecule has 7 aliphatic carbocycles. The predicted octanol–water partition coefficient (Wildman–Crippen LogP) is 9.33. The summed E-state index contributed by atoms with van der Waals surface area (Å²) < 4.78 is 23.1. The van der Waals surface area contributed by atoms with E-state index in [0.29, 0.717) is 36.0 Å². The highest BCUT2D eigenvalue weighted by Gasteiger charge is 2.63. The lowest BCUT2D eigenvalue weighted by Crippen LogP contribution is -2.61. The average Bonchev–Trinajstić information content (AvgIpc) is 3.73. The Bertz CT molecular complexity index is 1360. The summed E-state index contributed by atoms with van der Waals surface area (Å²) in [4.78, 5) is 36.7. The molecule has 55 heavy (non-hydrogen) atoms. The van der Waals surface area contributed by atoms with Gasteiger partial charge in [0.25, 0.3) is 0 Å². The van der Waals surface area contributed by atoms with Crippen LogP contribution in [-0.4, -0.2) is 63.4 Å². The number of fused-ring (bicyclic) bond motifs is 1. The maximum Gasteiger partial charge on any atom is 0.312 e. The Hall–Kier alpha value is -1.71. The van der Waals surface area contributed by atoms with Crippen molar-refractivity contribution >= 4 is 17.9 Å². The second-order valence-electron chi connectivity index (χ2n) is 21.8. The molecule has 8 aliphatic rings. The first-order valence-corrected chi connectivity index (χ1v) is 22.1. The maximum absolute atomic E-state index is 12.4. The van der Waals surface area contributed by atoms with Gasteiger partial charge in [-0.1, -0.05) is 40.5 Å². The first kappa shape index (κ1) is 44.4. The molecule has 0 aromatic carbocycles. The summed E-state index contributed by atoms with van der Waals surface area (Å²) in [5.41, 5.74) is -2.43. The molecule has 1 saturated heterocycles. The van der Waals surface area contributed by atoms with Crippen molar-refractivity contribution in [3.05, 3.63) is 0 Å². The van der Waals surface area contributed by atoms with Crippen LogP contribution in [0.1, 0.15) is 179 Å². The van der Waals surface area contributed by atoms with Crippen LogP contribution in [0.25, 0.3) is 0 Å². The number of ether oxygens (including phenoxy) is 4. The van der Waals surface area contributed by atoms with Crippen LogP contribution in [-0.2, 0) is 33.3 Å². The third-order valence-electron chi connectivity index (χ3n) is 15.8. The first-order chi connectivity index (χ1) is 25.4. The molecular weight excluding hydrogens is 696 g/mol. The van der Waals surface area contributed by atoms with Crippen molar-refractivity contribution in [3.63, 3.8) is 0 Å². The summed E-state index contributed by atoms with van der Waals surface area (Å²) in [6.07, 6.45) is 14.1. The van der Waals surface area contributed by atoms with Gasteiger partial charge in [0.2, 0.25) is 0 Å². The zero-order chi connectivity index (χ0) is 40.9. The molecule has 9 heteroatoms. The van der Waals surface area contributed by atoms with E-state index in [9.17, 15) is 24.6 Å². The number of rotatable bonds is 10. The largest absolute Gasteiger partial charge is 0.459 e. The smallest absolute Gasteiger partial charge is 0.312 e. The number of aliphatic hydroxyl groups is 2. The van der Waals surface area contributed by atoms with Crippen LogP contribution in [0.15, 0.2) is 0 Å². The molecule has 0 aromatic rings. The normalized spacial score (nSPS) is 38.7. The molecule has 7 unspecified atom stereocenters. The lowest BCUT2D eigenvalue weighted by molar-refractivity contribution is -0.225. The van der Waals surface area contributed by atoms with E-state index in [1.54, 1.807) is 0 Å². The van der Waals surface area contributed by atoms with Crippen LogP contribution in [0.5, 0.6) is 0 Å². The third kappa shape index (κ3) is 9.61. The van der Waals surface area contributed by atoms with E-state index >= 15 is 0 Å². The molecule has 1 aliphatic heterocycles. The molecule has 8 fully saturated rings. The van der Waals surface area contributed by atoms with Crippen LogP contribution < -0.4 is 0 Å². The van der Waals surface area contributed by atoms with Crippen LogP contribution in [0, 0.1) is 57.7 Å². The number of esters is 3. The predicted molar refractivity (Wildman–Crippen MR) is 212 cm³/mol. The van der Waals surface area contributed by atoms with E-state index in [1.165, 1.54) is 32.1 Å². The van der Waals surface area contributed by atoms with Gasteiger partial charge in [-0.2, -0.15) is 0 Å². The van der Waals surface area contributed by atoms with Crippen LogP contribution in [0.2, 0.25) is 0 Å². The molecule has 316 valence electrons. The molecule has 0 amide bonds. The van der Waals surface area contributed by atoms with E-state index < -0.39 is 22.7 Å². The zero-order valence-corrected chi connectivity index (χ0v) is 36.6. The van der Waals surface area contributed by atoms with Crippen molar-refractivity contribution < 1.29 is 43.5 Å². The molecule has 6 bridgehead atoms. The Labute approximate surface area is 333 Å². The molecule has 8 atom stereocenters. The van der Waals surface area contributed by atoms with Gasteiger partial charge >= 0.3 is 17.9 Å². The van der Waals surface area contributed by atoms with Gasteiger partial charge in [-0.15, -0.1) is 0 Å². The molecular formula is C46H78O9. The average molecular weight is 775 g/mol. The van der Waals surface area contributed by atoms with E-state index in [4.69, 9.17) is 18.9 Å². The maximum atomic E-state index is 12.4. The van der Waals surface area contributed by atoms with E-state index in [2.05, 4.69) is 20.8 Å². The highest BCUT2D eigenvalue weighted by atomic mass is 16.6. The monoisotopic (exact) mass is 775 g/mol. The second-order valence-corrected chi connectivity index (χ2v) is 21.8. The molecule has 9 nitrogen and oxygen atoms in total. The minimum Gasteiger partial charge on any atom is -0.459 e. The van der Waals surface area contributed by atoms with Crippen molar-refractivity contribution in [1.29, 1.82) is 0 Å². The van der Waals surface area contributed by atoms with Gasteiger partial charge in [-0.3, -0.25) is 14.4 Å². The lowest BCUT2D eigenvalue weighted by atomic mass is 9.52. The van der Waals surface area contributed by atoms with Crippen molar-refractivity contribution in [2.45, 2.75) is 215 Å². The summed E-state index contributed by atoms with van der Waals surface area (Å²) in [7, 11) is 0. The molecule has 0 aromatic heterocycles. The summed E-state index contributed by atoms with van der Waals surface area (Å²) in [6, 6.07) is 0. The zero-order valence-electron chi connectivity index (χ0n) is 36.6. The molecule has 8 rings (SSSR count).